The van der Waals surface area contributed by atoms with Crippen LogP contribution in [-0.2, 0) is 0 Å². The van der Waals surface area contributed by atoms with Crippen molar-refractivity contribution in [3.05, 3.63) is 217 Å². The van der Waals surface area contributed by atoms with Crippen LogP contribution < -0.4 is 0 Å². The van der Waals surface area contributed by atoms with Gasteiger partial charge in [-0.3, -0.25) is 0 Å². The van der Waals surface area contributed by atoms with Gasteiger partial charge >= 0.3 is 0 Å². The normalized spacial score (nSPS) is 15.5. The van der Waals surface area contributed by atoms with Crippen LogP contribution in [0.5, 0.6) is 0 Å². The van der Waals surface area contributed by atoms with E-state index in [9.17, 15) is 0 Å². The van der Waals surface area contributed by atoms with E-state index in [-0.39, 0.29) is 0 Å². The van der Waals surface area contributed by atoms with E-state index in [1.165, 1.54) is 111 Å². The molecule has 3 aromatic heterocycles. The molecule has 11 aromatic rings. The minimum absolute atomic E-state index is 0.474. The van der Waals surface area contributed by atoms with Crippen molar-refractivity contribution in [2.75, 3.05) is 0 Å². The molecule has 2 nitrogen and oxygen atoms in total. The summed E-state index contributed by atoms with van der Waals surface area (Å²) in [5.41, 5.74) is 15.0. The lowest BCUT2D eigenvalue weighted by molar-refractivity contribution is 0.772. The number of thiophene rings is 1. The largest absolute Gasteiger partial charge is 0.309 e. The Morgan fingerprint density at radius 1 is 0.350 bits per heavy atom. The second-order valence-electron chi connectivity index (χ2n) is 15.9. The van der Waals surface area contributed by atoms with Gasteiger partial charge in [0, 0.05) is 53.2 Å². The molecule has 0 radical (unpaired) electrons. The van der Waals surface area contributed by atoms with Gasteiger partial charge in [-0.1, -0.05) is 133 Å². The number of hydrogen-bond acceptors (Lipinski definition) is 2. The van der Waals surface area contributed by atoms with Gasteiger partial charge in [-0.25, -0.2) is 0 Å². The van der Waals surface area contributed by atoms with Gasteiger partial charge in [0.1, 0.15) is 0 Å². The summed E-state index contributed by atoms with van der Waals surface area (Å²) in [5.74, 6) is 0. The topological polar surface area (TPSA) is 9.86 Å². The van der Waals surface area contributed by atoms with Gasteiger partial charge in [0.15, 0.2) is 0 Å². The Labute approximate surface area is 358 Å². The molecule has 8 aromatic carbocycles. The first-order valence-electron chi connectivity index (χ1n) is 20.9. The van der Waals surface area contributed by atoms with E-state index < -0.39 is 0 Å². The predicted molar refractivity (Wildman–Crippen MR) is 258 cm³/mol. The molecule has 0 bridgehead atoms. The van der Waals surface area contributed by atoms with Crippen LogP contribution in [0.2, 0.25) is 0 Å². The number of nitrogens with zero attached hydrogens (tertiary/aromatic N) is 2. The van der Waals surface area contributed by atoms with Crippen molar-refractivity contribution in [3.8, 4) is 44.1 Å². The van der Waals surface area contributed by atoms with Crippen molar-refractivity contribution >= 4 is 66.7 Å². The average molecular weight is 805 g/mol. The molecule has 0 spiro atoms. The number of rotatable bonds is 7. The smallest absolute Gasteiger partial charge is 0.0541 e. The zero-order chi connectivity index (χ0) is 39.6. The van der Waals surface area contributed by atoms with Gasteiger partial charge in [-0.15, -0.1) is 23.1 Å². The average Bonchev–Trinajstić information content (AvgIpc) is 4.14. The highest BCUT2D eigenvalue weighted by Gasteiger charge is 2.29. The van der Waals surface area contributed by atoms with Crippen LogP contribution in [0.15, 0.2) is 206 Å². The summed E-state index contributed by atoms with van der Waals surface area (Å²) in [5, 5.41) is 6.19. The van der Waals surface area contributed by atoms with E-state index in [4.69, 9.17) is 0 Å². The summed E-state index contributed by atoms with van der Waals surface area (Å²) < 4.78 is 4.84. The zero-order valence-electron chi connectivity index (χ0n) is 32.9. The van der Waals surface area contributed by atoms with Gasteiger partial charge in [-0.2, -0.15) is 0 Å². The van der Waals surface area contributed by atoms with E-state index in [2.05, 4.69) is 227 Å². The lowest BCUT2D eigenvalue weighted by Gasteiger charge is -2.12. The zero-order valence-corrected chi connectivity index (χ0v) is 34.5. The molecule has 60 heavy (non-hydrogen) atoms. The fraction of sp³-hybridized carbons (Fsp3) is 0.0714. The number of hydrogen-bond donors (Lipinski definition) is 0. The molecule has 1 aliphatic rings. The number of para-hydroxylation sites is 2. The van der Waals surface area contributed by atoms with Gasteiger partial charge < -0.3 is 9.13 Å². The quantitative estimate of drug-likeness (QED) is 0.156. The Balaban J connectivity index is 0.819. The number of thioether (sulfide) groups is 1. The summed E-state index contributed by atoms with van der Waals surface area (Å²) in [6, 6.07) is 76.0. The van der Waals surface area contributed by atoms with Crippen molar-refractivity contribution < 1.29 is 0 Å². The van der Waals surface area contributed by atoms with Crippen molar-refractivity contribution in [2.45, 2.75) is 23.3 Å². The molecule has 286 valence electrons. The molecule has 0 aliphatic carbocycles. The third-order valence-electron chi connectivity index (χ3n) is 12.5. The molecule has 2 atom stereocenters. The van der Waals surface area contributed by atoms with Crippen LogP contribution in [0.1, 0.15) is 33.8 Å². The second-order valence-corrected chi connectivity index (χ2v) is 18.5. The Hall–Kier alpha value is -6.59. The summed E-state index contributed by atoms with van der Waals surface area (Å²) in [6.45, 7) is 0. The first kappa shape index (κ1) is 35.4. The van der Waals surface area contributed by atoms with Crippen LogP contribution in [0.3, 0.4) is 0 Å². The summed E-state index contributed by atoms with van der Waals surface area (Å²) >= 11 is 4.12. The van der Waals surface area contributed by atoms with E-state index >= 15 is 0 Å². The van der Waals surface area contributed by atoms with Crippen molar-refractivity contribution in [3.63, 3.8) is 0 Å². The lowest BCUT2D eigenvalue weighted by Crippen LogP contribution is -1.94. The lowest BCUT2D eigenvalue weighted by atomic mass is 10.0. The molecular formula is C56H40N2S2. The molecule has 2 unspecified atom stereocenters. The van der Waals surface area contributed by atoms with Crippen LogP contribution in [0.25, 0.3) is 87.7 Å². The maximum absolute atomic E-state index is 2.48. The first-order valence-corrected chi connectivity index (χ1v) is 22.6. The highest BCUT2D eigenvalue weighted by Crippen LogP contribution is 2.55. The third-order valence-corrected chi connectivity index (χ3v) is 15.5. The second kappa shape index (κ2) is 14.6. The van der Waals surface area contributed by atoms with Crippen LogP contribution in [-0.4, -0.2) is 9.13 Å². The molecule has 0 amide bonds. The highest BCUT2D eigenvalue weighted by molar-refractivity contribution is 8.00. The molecule has 1 saturated heterocycles. The minimum Gasteiger partial charge on any atom is -0.309 e. The van der Waals surface area contributed by atoms with Gasteiger partial charge in [-0.05, 0) is 119 Å². The van der Waals surface area contributed by atoms with E-state index in [1.807, 2.05) is 11.3 Å². The van der Waals surface area contributed by atoms with Crippen LogP contribution >= 0.6 is 23.1 Å². The van der Waals surface area contributed by atoms with Crippen LogP contribution in [0.4, 0.5) is 0 Å². The number of fused-ring (bicyclic) bond motifs is 6. The summed E-state index contributed by atoms with van der Waals surface area (Å²) in [7, 11) is 0. The van der Waals surface area contributed by atoms with E-state index in [1.54, 1.807) is 0 Å². The molecule has 12 rings (SSSR count). The summed E-state index contributed by atoms with van der Waals surface area (Å²) in [6.07, 6.45) is 2.38. The van der Waals surface area contributed by atoms with Crippen LogP contribution in [0, 0.1) is 0 Å². The highest BCUT2D eigenvalue weighted by atomic mass is 32.2. The monoisotopic (exact) mass is 804 g/mol. The Morgan fingerprint density at radius 3 is 1.42 bits per heavy atom. The molecular weight excluding hydrogens is 765 g/mol. The van der Waals surface area contributed by atoms with Gasteiger partial charge in [0.2, 0.25) is 0 Å². The molecule has 1 fully saturated rings. The Morgan fingerprint density at radius 2 is 0.817 bits per heavy atom. The molecule has 1 aliphatic heterocycles. The number of aromatic nitrogens is 2. The Bertz CT molecular complexity index is 3340. The fourth-order valence-corrected chi connectivity index (χ4v) is 12.3. The minimum atomic E-state index is 0.474. The fourth-order valence-electron chi connectivity index (χ4n) is 9.51. The number of benzene rings is 8. The first-order chi connectivity index (χ1) is 29.7. The third kappa shape index (κ3) is 6.01. The van der Waals surface area contributed by atoms with Crippen molar-refractivity contribution in [1.29, 1.82) is 0 Å². The maximum atomic E-state index is 2.48. The molecule has 0 N–H and O–H groups in total. The van der Waals surface area contributed by atoms with E-state index in [0.717, 1.165) is 0 Å². The molecule has 4 heterocycles. The predicted octanol–water partition coefficient (Wildman–Crippen LogP) is 16.3. The summed E-state index contributed by atoms with van der Waals surface area (Å²) in [4.78, 5) is 2.82. The van der Waals surface area contributed by atoms with Crippen molar-refractivity contribution in [1.82, 2.24) is 9.13 Å². The SMILES string of the molecule is c1ccc(-c2ccc(-n3c4ccccc4c4cc(-c5ccc(C6CCC(c7ccc8c(c7)c7ccccc7n8-c7ccc(-c8ccccc8)cc7)S6)s5)ccc43)cc2)cc1. The standard InChI is InChI=1S/C56H40N2S2/c1-3-11-37(12-4-1)39-19-25-43(26-20-39)57-49-17-9-7-15-45(49)47-35-41(23-29-51(47)57)53-31-33-55(59-53)56-34-32-54(60-56)42-24-30-52-48(36-42)46-16-8-10-18-50(46)58(52)44-27-21-40(22-28-44)38-13-5-2-6-14-38/h1-31,33,35-36,54,56H,32,34H2. The Kier molecular flexibility index (Phi) is 8.60. The van der Waals surface area contributed by atoms with Gasteiger partial charge in [0.25, 0.3) is 0 Å². The molecule has 4 heteroatoms. The maximum Gasteiger partial charge on any atom is 0.0541 e. The molecule has 0 saturated carbocycles. The van der Waals surface area contributed by atoms with Gasteiger partial charge in [0.05, 0.1) is 22.1 Å². The van der Waals surface area contributed by atoms with E-state index in [0.29, 0.717) is 10.5 Å². The van der Waals surface area contributed by atoms with Crippen molar-refractivity contribution in [2.24, 2.45) is 0 Å².